The molecule has 2 N–H and O–H groups in total. The summed E-state index contributed by atoms with van der Waals surface area (Å²) in [6, 6.07) is 5.19. The topological polar surface area (TPSA) is 92.2 Å². The lowest BCUT2D eigenvalue weighted by Gasteiger charge is -2.17. The number of anilines is 2. The molecule has 2 aromatic rings. The predicted octanol–water partition coefficient (Wildman–Crippen LogP) is 0.926. The zero-order chi connectivity index (χ0) is 18.5. The van der Waals surface area contributed by atoms with E-state index in [0.717, 1.165) is 24.6 Å². The van der Waals surface area contributed by atoms with Crippen LogP contribution in [0.25, 0.3) is 0 Å². The van der Waals surface area contributed by atoms with E-state index in [1.807, 2.05) is 13.0 Å². The first-order chi connectivity index (χ1) is 12.5. The maximum atomic E-state index is 12.1. The number of hydrogen-bond acceptors (Lipinski definition) is 6. The Hall–Kier alpha value is -2.90. The molecule has 26 heavy (non-hydrogen) atoms. The van der Waals surface area contributed by atoms with Gasteiger partial charge in [-0.25, -0.2) is 4.98 Å². The second-order valence-electron chi connectivity index (χ2n) is 6.41. The smallest absolute Gasteiger partial charge is 0.263 e. The SMILES string of the molecule is Cc1cc(N2CCCC2)nc(NCCNC(=O)c2cccn(C)c2=O)n1. The Morgan fingerprint density at radius 2 is 2.00 bits per heavy atom. The van der Waals surface area contributed by atoms with Gasteiger partial charge in [-0.3, -0.25) is 9.59 Å². The lowest BCUT2D eigenvalue weighted by molar-refractivity contribution is 0.0953. The van der Waals surface area contributed by atoms with Crippen molar-refractivity contribution in [2.75, 3.05) is 36.4 Å². The molecule has 1 amide bonds. The number of amides is 1. The summed E-state index contributed by atoms with van der Waals surface area (Å²) in [6.07, 6.45) is 4.00. The van der Waals surface area contributed by atoms with Gasteiger partial charge in [-0.2, -0.15) is 4.98 Å². The fraction of sp³-hybridized carbons (Fsp3) is 0.444. The van der Waals surface area contributed by atoms with Gasteiger partial charge in [0.15, 0.2) is 0 Å². The van der Waals surface area contributed by atoms with Crippen LogP contribution >= 0.6 is 0 Å². The average molecular weight is 356 g/mol. The average Bonchev–Trinajstić information content (AvgIpc) is 3.15. The third-order valence-electron chi connectivity index (χ3n) is 4.33. The summed E-state index contributed by atoms with van der Waals surface area (Å²) < 4.78 is 1.38. The monoisotopic (exact) mass is 356 g/mol. The van der Waals surface area contributed by atoms with Crippen molar-refractivity contribution in [1.29, 1.82) is 0 Å². The number of nitrogens with zero attached hydrogens (tertiary/aromatic N) is 4. The summed E-state index contributed by atoms with van der Waals surface area (Å²) in [5.41, 5.74) is 0.731. The molecule has 3 rings (SSSR count). The number of nitrogens with one attached hydrogen (secondary N) is 2. The molecule has 0 unspecified atom stereocenters. The molecular formula is C18H24N6O2. The fourth-order valence-corrected chi connectivity index (χ4v) is 2.95. The maximum absolute atomic E-state index is 12.1. The first kappa shape index (κ1) is 17.9. The lowest BCUT2D eigenvalue weighted by Crippen LogP contribution is -2.34. The van der Waals surface area contributed by atoms with Gasteiger partial charge in [0.25, 0.3) is 11.5 Å². The van der Waals surface area contributed by atoms with E-state index in [2.05, 4.69) is 25.5 Å². The summed E-state index contributed by atoms with van der Waals surface area (Å²) in [5.74, 6) is 1.11. The molecule has 138 valence electrons. The third-order valence-corrected chi connectivity index (χ3v) is 4.33. The molecule has 1 aliphatic rings. The summed E-state index contributed by atoms with van der Waals surface area (Å²) in [7, 11) is 1.62. The van der Waals surface area contributed by atoms with Crippen LogP contribution in [-0.4, -0.2) is 46.6 Å². The minimum absolute atomic E-state index is 0.137. The number of aromatic nitrogens is 3. The molecule has 0 radical (unpaired) electrons. The highest BCUT2D eigenvalue weighted by Gasteiger charge is 2.15. The lowest BCUT2D eigenvalue weighted by atomic mass is 10.2. The van der Waals surface area contributed by atoms with E-state index >= 15 is 0 Å². The Morgan fingerprint density at radius 1 is 1.23 bits per heavy atom. The van der Waals surface area contributed by atoms with Crippen molar-refractivity contribution in [2.45, 2.75) is 19.8 Å². The molecule has 0 atom stereocenters. The second kappa shape index (κ2) is 7.99. The third kappa shape index (κ3) is 4.19. The highest BCUT2D eigenvalue weighted by Crippen LogP contribution is 2.19. The Kier molecular flexibility index (Phi) is 5.50. The van der Waals surface area contributed by atoms with Crippen molar-refractivity contribution < 1.29 is 4.79 Å². The number of rotatable bonds is 6. The van der Waals surface area contributed by atoms with Gasteiger partial charge in [-0.15, -0.1) is 0 Å². The highest BCUT2D eigenvalue weighted by molar-refractivity contribution is 5.93. The van der Waals surface area contributed by atoms with Crippen LogP contribution in [0.4, 0.5) is 11.8 Å². The van der Waals surface area contributed by atoms with E-state index < -0.39 is 0 Å². The van der Waals surface area contributed by atoms with Crippen molar-refractivity contribution in [2.24, 2.45) is 7.05 Å². The standard InChI is InChI=1S/C18H24N6O2/c1-13-12-15(24-10-3-4-11-24)22-18(21-13)20-8-7-19-16(25)14-6-5-9-23(2)17(14)26/h5-6,9,12H,3-4,7-8,10-11H2,1-2H3,(H,19,25)(H,20,21,22). The molecule has 0 spiro atoms. The number of aryl methyl sites for hydroxylation is 2. The predicted molar refractivity (Wildman–Crippen MR) is 101 cm³/mol. The Balaban J connectivity index is 1.54. The Labute approximate surface area is 152 Å². The fourth-order valence-electron chi connectivity index (χ4n) is 2.95. The van der Waals surface area contributed by atoms with Crippen LogP contribution in [0.15, 0.2) is 29.2 Å². The van der Waals surface area contributed by atoms with E-state index in [-0.39, 0.29) is 17.0 Å². The molecule has 1 aliphatic heterocycles. The number of pyridine rings is 1. The van der Waals surface area contributed by atoms with Gasteiger partial charge in [-0.1, -0.05) is 0 Å². The van der Waals surface area contributed by atoms with Gasteiger partial charge in [-0.05, 0) is 31.9 Å². The van der Waals surface area contributed by atoms with Gasteiger partial charge >= 0.3 is 0 Å². The molecule has 0 bridgehead atoms. The van der Waals surface area contributed by atoms with Crippen LogP contribution in [0.3, 0.4) is 0 Å². The van der Waals surface area contributed by atoms with Crippen LogP contribution in [0.5, 0.6) is 0 Å². The molecule has 0 aromatic carbocycles. The molecule has 3 heterocycles. The first-order valence-electron chi connectivity index (χ1n) is 8.83. The van der Waals surface area contributed by atoms with Gasteiger partial charge < -0.3 is 20.1 Å². The van der Waals surface area contributed by atoms with E-state index in [9.17, 15) is 9.59 Å². The van der Waals surface area contributed by atoms with Crippen molar-refractivity contribution in [3.8, 4) is 0 Å². The summed E-state index contributed by atoms with van der Waals surface area (Å²) in [6.45, 7) is 4.84. The zero-order valence-corrected chi connectivity index (χ0v) is 15.2. The number of hydrogen-bond donors (Lipinski definition) is 2. The van der Waals surface area contributed by atoms with Crippen LogP contribution in [0, 0.1) is 6.92 Å². The Bertz CT molecular complexity index is 842. The number of carbonyl (C=O) groups is 1. The highest BCUT2D eigenvalue weighted by atomic mass is 16.2. The van der Waals surface area contributed by atoms with Crippen molar-refractivity contribution in [1.82, 2.24) is 19.9 Å². The summed E-state index contributed by atoms with van der Waals surface area (Å²) in [5, 5.41) is 5.88. The first-order valence-corrected chi connectivity index (χ1v) is 8.83. The zero-order valence-electron chi connectivity index (χ0n) is 15.2. The summed E-state index contributed by atoms with van der Waals surface area (Å²) >= 11 is 0. The molecule has 1 fully saturated rings. The molecule has 8 nitrogen and oxygen atoms in total. The van der Waals surface area contributed by atoms with E-state index in [4.69, 9.17) is 0 Å². The van der Waals surface area contributed by atoms with Crippen molar-refractivity contribution in [3.05, 3.63) is 46.0 Å². The molecular weight excluding hydrogens is 332 g/mol. The second-order valence-corrected chi connectivity index (χ2v) is 6.41. The van der Waals surface area contributed by atoms with Crippen LogP contribution in [0.1, 0.15) is 28.9 Å². The summed E-state index contributed by atoms with van der Waals surface area (Å²) in [4.78, 5) is 35.2. The quantitative estimate of drug-likeness (QED) is 0.748. The number of carbonyl (C=O) groups excluding carboxylic acids is 1. The van der Waals surface area contributed by atoms with Gasteiger partial charge in [0, 0.05) is 51.2 Å². The van der Waals surface area contributed by atoms with Crippen LogP contribution in [-0.2, 0) is 7.05 Å². The van der Waals surface area contributed by atoms with Crippen molar-refractivity contribution in [3.63, 3.8) is 0 Å². The molecule has 2 aromatic heterocycles. The van der Waals surface area contributed by atoms with Crippen LogP contribution in [0.2, 0.25) is 0 Å². The maximum Gasteiger partial charge on any atom is 0.263 e. The van der Waals surface area contributed by atoms with E-state index in [0.29, 0.717) is 19.0 Å². The molecule has 0 aliphatic carbocycles. The minimum atomic E-state index is -0.379. The van der Waals surface area contributed by atoms with E-state index in [1.165, 1.54) is 23.5 Å². The molecule has 1 saturated heterocycles. The molecule has 0 saturated carbocycles. The van der Waals surface area contributed by atoms with Gasteiger partial charge in [0.1, 0.15) is 11.4 Å². The largest absolute Gasteiger partial charge is 0.356 e. The minimum Gasteiger partial charge on any atom is -0.356 e. The van der Waals surface area contributed by atoms with Crippen LogP contribution < -0.4 is 21.1 Å². The van der Waals surface area contributed by atoms with Gasteiger partial charge in [0.2, 0.25) is 5.95 Å². The van der Waals surface area contributed by atoms with Gasteiger partial charge in [0.05, 0.1) is 0 Å². The van der Waals surface area contributed by atoms with Crippen molar-refractivity contribution >= 4 is 17.7 Å². The normalized spacial score (nSPS) is 13.7. The van der Waals surface area contributed by atoms with E-state index in [1.54, 1.807) is 19.3 Å². The molecule has 8 heteroatoms. The Morgan fingerprint density at radius 3 is 2.77 bits per heavy atom.